The summed E-state index contributed by atoms with van der Waals surface area (Å²) >= 11 is 0. The standard InChI is InChI=1S/C23H19N2.C20H21N2.C18H14N3.C18H17N2.C17H14FN2.C16H13N2.6Ir/c1-17-8-6-9-18(2)22(17)25-15-14-24-23(25)21-13-7-12-20(16-21)19-10-4-3-5-11-19;1-13-14(2)16(4)19(17(5)15(13)3)22-12-11-21-20(22)18-9-7-6-8-10-18;1-13-11-16(19-3)12-14(2)17(13)21-10-9-20-18(21)15-7-5-4-6-8-15;1-13-7-9-16(10-8-13)18-19-11-12-20(18)17-14(2)5-4-6-15(17)3;1-12-4-3-5-13(2)16(12)20-11-10-19-17(20)14-6-8-15(18)9-7-14;1-13-7-5-6-10-15(13)18-12-11-17-16(18)14-8-3-2-4-9-14;;;;;;/h3-12,14-16H,1-2H3;6-9,11-12H,1-5H3;4-7,9-12H,1-2H3;4-9,11-12H,1-3H3;3-6,8-11H,1-2H3;2-8,10-12H,1H3;;;;;;/q6*-1;;;;;;. The van der Waals surface area contributed by atoms with E-state index >= 15 is 0 Å². The van der Waals surface area contributed by atoms with Gasteiger partial charge in [-0.2, -0.15) is 0 Å². The molecule has 132 heavy (non-hydrogen) atoms. The molecule has 0 spiro atoms. The molecule has 0 N–H and O–H groups in total. The zero-order chi connectivity index (χ0) is 88.5. The van der Waals surface area contributed by atoms with Crippen molar-refractivity contribution in [1.82, 2.24) is 57.3 Å². The first-order valence-electron chi connectivity index (χ1n) is 41.8. The van der Waals surface area contributed by atoms with Crippen molar-refractivity contribution in [2.75, 3.05) is 0 Å². The molecule has 0 unspecified atom stereocenters. The second kappa shape index (κ2) is 49.8. The summed E-state index contributed by atoms with van der Waals surface area (Å²) in [4.78, 5) is 30.5. The van der Waals surface area contributed by atoms with Crippen LogP contribution in [0.5, 0.6) is 0 Å². The average Bonchev–Trinajstić information content (AvgIpc) is 1.19. The van der Waals surface area contributed by atoms with Crippen LogP contribution in [0.15, 0.2) is 323 Å². The molecular weight excluding hydrogens is 2700 g/mol. The first kappa shape index (κ1) is 106. The molecule has 6 radical (unpaired) electrons. The fourth-order valence-corrected chi connectivity index (χ4v) is 15.9. The Kier molecular flexibility index (Phi) is 39.9. The summed E-state index contributed by atoms with van der Waals surface area (Å²) in [5.41, 5.74) is 34.4. The largest absolute Gasteiger partial charge is 0.340 e. The van der Waals surface area contributed by atoms with Crippen LogP contribution in [0.1, 0.15) is 83.5 Å². The van der Waals surface area contributed by atoms with E-state index in [-0.39, 0.29) is 126 Å². The first-order valence-corrected chi connectivity index (χ1v) is 41.8. The van der Waals surface area contributed by atoms with E-state index in [1.54, 1.807) is 18.5 Å². The minimum Gasteiger partial charge on any atom is -0.340 e. The predicted molar refractivity (Wildman–Crippen MR) is 510 cm³/mol. The molecule has 19 aromatic rings. The molecular formula is C112H98FIr6N13-6. The van der Waals surface area contributed by atoms with E-state index in [0.717, 1.165) is 96.5 Å². The van der Waals surface area contributed by atoms with Gasteiger partial charge in [-0.1, -0.05) is 122 Å². The minimum atomic E-state index is -0.293. The van der Waals surface area contributed by atoms with Crippen molar-refractivity contribution >= 4 is 5.69 Å². The summed E-state index contributed by atoms with van der Waals surface area (Å²) in [6.07, 6.45) is 22.8. The SMILES string of the molecule is Cc1c(C)c(C)c(-n2ccnc2-c2[c-]cccc2)c(C)c1C.Cc1c[c-]c(-c2nccn2-c2c(C)cccc2C)cc1.Cc1cccc(C)c1-n1ccnc1-c1[c-]cc(F)cc1.Cc1cccc(C)c1-n1ccnc1-c1[c-]ccc(-c2ccccc2)c1.Cc1ccccc1-n1ccnc1-c1[c-]cccc1.[C-]#[N+]c1cc(C)c(-n2ccnc2-c2[c-]cccc2)c(C)c1.[Ir].[Ir].[Ir].[Ir].[Ir].[Ir]. The molecule has 0 bridgehead atoms. The normalized spacial score (nSPS) is 10.2. The fraction of sp³-hybridized carbons (Fsp3) is 0.134. The predicted octanol–water partition coefficient (Wildman–Crippen LogP) is 27.0. The Morgan fingerprint density at radius 1 is 0.258 bits per heavy atom. The van der Waals surface area contributed by atoms with Gasteiger partial charge in [-0.05, 0) is 186 Å². The minimum absolute atomic E-state index is 0. The van der Waals surface area contributed by atoms with Gasteiger partial charge in [0, 0.05) is 235 Å². The van der Waals surface area contributed by atoms with Crippen molar-refractivity contribution in [2.24, 2.45) is 0 Å². The first-order chi connectivity index (χ1) is 61.1. The molecule has 0 aliphatic rings. The van der Waals surface area contributed by atoms with Gasteiger partial charge < -0.3 is 27.4 Å². The van der Waals surface area contributed by atoms with Crippen molar-refractivity contribution in [3.8, 4) is 114 Å². The molecule has 19 rings (SSSR count). The second-order valence-corrected chi connectivity index (χ2v) is 31.1. The number of nitrogens with zero attached hydrogens (tertiary/aromatic N) is 13. The van der Waals surface area contributed by atoms with E-state index in [2.05, 4.69) is 299 Å². The molecule has 0 saturated carbocycles. The Hall–Kier alpha value is -11.6. The van der Waals surface area contributed by atoms with Crippen molar-refractivity contribution in [1.29, 1.82) is 0 Å². The molecule has 0 atom stereocenters. The van der Waals surface area contributed by atoms with E-state index in [4.69, 9.17) is 6.57 Å². The molecule has 0 aliphatic carbocycles. The van der Waals surface area contributed by atoms with Crippen LogP contribution in [0.3, 0.4) is 0 Å². The van der Waals surface area contributed by atoms with E-state index in [9.17, 15) is 4.39 Å². The van der Waals surface area contributed by atoms with Gasteiger partial charge in [0.1, 0.15) is 0 Å². The van der Waals surface area contributed by atoms with Gasteiger partial charge in [-0.25, -0.2) is 4.85 Å². The molecule has 0 aliphatic heterocycles. The topological polar surface area (TPSA) is 111 Å². The van der Waals surface area contributed by atoms with Crippen LogP contribution >= 0.6 is 0 Å². The van der Waals surface area contributed by atoms with E-state index in [1.807, 2.05) is 196 Å². The third-order valence-corrected chi connectivity index (χ3v) is 22.5. The summed E-state index contributed by atoms with van der Waals surface area (Å²) in [6.45, 7) is 39.0. The Labute approximate surface area is 857 Å². The number of imidazole rings is 6. The molecule has 6 aromatic heterocycles. The van der Waals surface area contributed by atoms with E-state index < -0.39 is 0 Å². The maximum atomic E-state index is 13.0. The van der Waals surface area contributed by atoms with Crippen LogP contribution in [0.25, 0.3) is 118 Å². The van der Waals surface area contributed by atoms with Crippen molar-refractivity contribution < 1.29 is 125 Å². The Morgan fingerprint density at radius 2 is 0.576 bits per heavy atom. The molecule has 13 nitrogen and oxygen atoms in total. The van der Waals surface area contributed by atoms with Gasteiger partial charge in [-0.15, -0.1) is 208 Å². The van der Waals surface area contributed by atoms with Crippen LogP contribution in [0.2, 0.25) is 0 Å². The maximum Gasteiger partial charge on any atom is 0.187 e. The summed E-state index contributed by atoms with van der Waals surface area (Å²) < 4.78 is 25.7. The number of aryl methyl sites for hydroxylation is 10. The summed E-state index contributed by atoms with van der Waals surface area (Å²) in [7, 11) is 0. The number of para-hydroxylation sites is 4. The number of rotatable bonds is 13. The Balaban J connectivity index is 0.000000194. The molecule has 0 saturated heterocycles. The van der Waals surface area contributed by atoms with Crippen LogP contribution < -0.4 is 0 Å². The van der Waals surface area contributed by atoms with Crippen LogP contribution in [-0.2, 0) is 121 Å². The second-order valence-electron chi connectivity index (χ2n) is 31.1. The molecule has 13 aromatic carbocycles. The molecule has 678 valence electrons. The quantitative estimate of drug-likeness (QED) is 0.106. The van der Waals surface area contributed by atoms with Gasteiger partial charge in [0.25, 0.3) is 0 Å². The summed E-state index contributed by atoms with van der Waals surface area (Å²) in [5.74, 6) is 5.04. The van der Waals surface area contributed by atoms with Crippen molar-refractivity contribution in [2.45, 2.75) is 104 Å². The van der Waals surface area contributed by atoms with Crippen molar-refractivity contribution in [3.63, 3.8) is 0 Å². The number of halogens is 1. The summed E-state index contributed by atoms with van der Waals surface area (Å²) in [5, 5.41) is 0. The third kappa shape index (κ3) is 24.6. The average molecular weight is 2800 g/mol. The molecule has 20 heteroatoms. The van der Waals surface area contributed by atoms with Gasteiger partial charge in [0.2, 0.25) is 0 Å². The van der Waals surface area contributed by atoms with Gasteiger partial charge in [0.15, 0.2) is 5.69 Å². The number of hydrogen-bond acceptors (Lipinski definition) is 6. The smallest absolute Gasteiger partial charge is 0.187 e. The van der Waals surface area contributed by atoms with Crippen molar-refractivity contribution in [3.05, 3.63) is 460 Å². The van der Waals surface area contributed by atoms with Crippen LogP contribution in [-0.4, -0.2) is 57.3 Å². The zero-order valence-corrected chi connectivity index (χ0v) is 90.2. The zero-order valence-electron chi connectivity index (χ0n) is 75.8. The van der Waals surface area contributed by atoms with Gasteiger partial charge >= 0.3 is 0 Å². The van der Waals surface area contributed by atoms with Gasteiger partial charge in [0.05, 0.1) is 41.5 Å². The van der Waals surface area contributed by atoms with Crippen LogP contribution in [0, 0.1) is 153 Å². The van der Waals surface area contributed by atoms with Gasteiger partial charge in [-0.3, -0.25) is 34.3 Å². The monoisotopic (exact) mass is 2800 g/mol. The Morgan fingerprint density at radius 3 is 0.939 bits per heavy atom. The third-order valence-electron chi connectivity index (χ3n) is 22.5. The molecule has 6 heterocycles. The van der Waals surface area contributed by atoms with E-state index in [1.165, 1.54) is 113 Å². The maximum absolute atomic E-state index is 13.0. The van der Waals surface area contributed by atoms with E-state index in [0.29, 0.717) is 5.69 Å². The number of benzene rings is 13. The van der Waals surface area contributed by atoms with Crippen LogP contribution in [0.4, 0.5) is 10.1 Å². The summed E-state index contributed by atoms with van der Waals surface area (Å²) in [6, 6.07) is 101. The Bertz CT molecular complexity index is 6750. The number of aromatic nitrogens is 12. The number of hydrogen-bond donors (Lipinski definition) is 0. The fourth-order valence-electron chi connectivity index (χ4n) is 15.9. The molecule has 0 amide bonds. The molecule has 0 fully saturated rings.